The number of alkyl halides is 3. The van der Waals surface area contributed by atoms with Crippen LogP contribution >= 0.6 is 0 Å². The minimum atomic E-state index is -4.75. The number of rotatable bonds is 6. The van der Waals surface area contributed by atoms with E-state index in [0.29, 0.717) is 35.6 Å². The van der Waals surface area contributed by atoms with Crippen molar-refractivity contribution in [1.82, 2.24) is 19.4 Å². The van der Waals surface area contributed by atoms with Crippen molar-refractivity contribution >= 4 is 16.9 Å². The van der Waals surface area contributed by atoms with E-state index in [2.05, 4.69) is 9.72 Å². The molecule has 1 saturated heterocycles. The van der Waals surface area contributed by atoms with Crippen LogP contribution in [0.5, 0.6) is 11.5 Å². The number of likely N-dealkylation sites (tertiary alicyclic amines) is 1. The van der Waals surface area contributed by atoms with Crippen molar-refractivity contribution in [3.05, 3.63) is 77.9 Å². The number of methoxy groups -OCH3 is 1. The summed E-state index contributed by atoms with van der Waals surface area (Å²) in [5, 5.41) is 0. The monoisotopic (exact) mass is 524 g/mol. The Morgan fingerprint density at radius 3 is 2.50 bits per heavy atom. The molecule has 2 aromatic heterocycles. The van der Waals surface area contributed by atoms with Crippen molar-refractivity contribution in [3.63, 3.8) is 0 Å². The molecular formula is C28H27F3N4O3. The highest BCUT2D eigenvalue weighted by molar-refractivity contribution is 5.98. The van der Waals surface area contributed by atoms with Crippen LogP contribution in [0.25, 0.3) is 16.7 Å². The molecule has 0 bridgehead atoms. The highest BCUT2D eigenvalue weighted by Gasteiger charge is 2.31. The predicted octanol–water partition coefficient (Wildman–Crippen LogP) is 6.08. The van der Waals surface area contributed by atoms with Crippen LogP contribution in [-0.2, 0) is 0 Å². The van der Waals surface area contributed by atoms with Gasteiger partial charge < -0.3 is 14.4 Å². The number of carbonyl (C=O) groups is 1. The Labute approximate surface area is 217 Å². The number of carbonyl (C=O) groups excluding carboxylic acids is 1. The molecule has 0 radical (unpaired) electrons. The van der Waals surface area contributed by atoms with Crippen molar-refractivity contribution in [2.75, 3.05) is 20.2 Å². The topological polar surface area (TPSA) is 69.5 Å². The lowest BCUT2D eigenvalue weighted by molar-refractivity contribution is -0.274. The second kappa shape index (κ2) is 10.00. The average molecular weight is 525 g/mol. The van der Waals surface area contributed by atoms with Gasteiger partial charge in [0, 0.05) is 42.4 Å². The van der Waals surface area contributed by atoms with E-state index in [4.69, 9.17) is 9.72 Å². The molecule has 4 aromatic rings. The van der Waals surface area contributed by atoms with E-state index in [1.807, 2.05) is 41.6 Å². The molecule has 0 saturated carbocycles. The van der Waals surface area contributed by atoms with Gasteiger partial charge in [-0.05, 0) is 60.5 Å². The smallest absolute Gasteiger partial charge is 0.495 e. The summed E-state index contributed by atoms with van der Waals surface area (Å²) in [5.41, 5.74) is 3.64. The van der Waals surface area contributed by atoms with Gasteiger partial charge in [0.05, 0.1) is 24.3 Å². The molecule has 7 nitrogen and oxygen atoms in total. The van der Waals surface area contributed by atoms with Gasteiger partial charge in [0.25, 0.3) is 5.91 Å². The quantitative estimate of drug-likeness (QED) is 0.306. The zero-order valence-electron chi connectivity index (χ0n) is 21.2. The third-order valence-electron chi connectivity index (χ3n) is 6.69. The molecule has 3 heterocycles. The van der Waals surface area contributed by atoms with Crippen molar-refractivity contribution in [1.29, 1.82) is 0 Å². The maximum absolute atomic E-state index is 13.4. The molecule has 2 aromatic carbocycles. The number of nitrogens with zero attached hydrogens (tertiary/aromatic N) is 4. The van der Waals surface area contributed by atoms with Gasteiger partial charge in [0.1, 0.15) is 17.3 Å². The first-order chi connectivity index (χ1) is 18.1. The van der Waals surface area contributed by atoms with Crippen LogP contribution < -0.4 is 9.47 Å². The van der Waals surface area contributed by atoms with Crippen LogP contribution in [-0.4, -0.2) is 51.9 Å². The van der Waals surface area contributed by atoms with Gasteiger partial charge in [-0.1, -0.05) is 13.8 Å². The number of amides is 1. The fourth-order valence-corrected chi connectivity index (χ4v) is 4.86. The zero-order valence-corrected chi connectivity index (χ0v) is 21.2. The molecule has 198 valence electrons. The van der Waals surface area contributed by atoms with Crippen molar-refractivity contribution < 1.29 is 27.4 Å². The minimum Gasteiger partial charge on any atom is -0.495 e. The first-order valence-electron chi connectivity index (χ1n) is 12.3. The summed E-state index contributed by atoms with van der Waals surface area (Å²) in [6, 6.07) is 13.0. The first kappa shape index (κ1) is 25.6. The Hall–Kier alpha value is -4.08. The van der Waals surface area contributed by atoms with Gasteiger partial charge in [0.15, 0.2) is 0 Å². The van der Waals surface area contributed by atoms with E-state index in [0.717, 1.165) is 23.3 Å². The van der Waals surface area contributed by atoms with Gasteiger partial charge >= 0.3 is 6.36 Å². The molecule has 0 spiro atoms. The minimum absolute atomic E-state index is 0.0310. The van der Waals surface area contributed by atoms with Crippen LogP contribution in [0.15, 0.2) is 60.9 Å². The molecular weight excluding hydrogens is 497 g/mol. The SMILES string of the molecule is COc1cncc(C2CCN(C(=O)c3ccc4c(c3)nc(C(C)C)n4-c3ccc(OC(F)(F)F)cc3)C2)c1. The Kier molecular flexibility index (Phi) is 6.73. The number of ether oxygens (including phenoxy) is 2. The fourth-order valence-electron chi connectivity index (χ4n) is 4.86. The molecule has 1 unspecified atom stereocenters. The van der Waals surface area contributed by atoms with E-state index in [9.17, 15) is 18.0 Å². The molecule has 38 heavy (non-hydrogen) atoms. The van der Waals surface area contributed by atoms with Crippen molar-refractivity contribution in [2.45, 2.75) is 38.5 Å². The second-order valence-electron chi connectivity index (χ2n) is 9.60. The van der Waals surface area contributed by atoms with E-state index < -0.39 is 6.36 Å². The normalized spacial score (nSPS) is 15.9. The number of imidazole rings is 1. The number of benzene rings is 2. The Morgan fingerprint density at radius 1 is 1.05 bits per heavy atom. The number of aromatic nitrogens is 3. The molecule has 5 rings (SSSR count). The largest absolute Gasteiger partial charge is 0.573 e. The maximum atomic E-state index is 13.4. The van der Waals surface area contributed by atoms with Crippen LogP contribution in [0, 0.1) is 0 Å². The summed E-state index contributed by atoms with van der Waals surface area (Å²) < 4.78 is 48.9. The lowest BCUT2D eigenvalue weighted by Crippen LogP contribution is -2.28. The molecule has 0 aliphatic carbocycles. The lowest BCUT2D eigenvalue weighted by atomic mass is 10.0. The summed E-state index contributed by atoms with van der Waals surface area (Å²) in [7, 11) is 1.60. The zero-order chi connectivity index (χ0) is 27.0. The van der Waals surface area contributed by atoms with E-state index in [-0.39, 0.29) is 23.5 Å². The maximum Gasteiger partial charge on any atom is 0.573 e. The summed E-state index contributed by atoms with van der Waals surface area (Å²) >= 11 is 0. The van der Waals surface area contributed by atoms with E-state index in [1.165, 1.54) is 12.1 Å². The summed E-state index contributed by atoms with van der Waals surface area (Å²) in [4.78, 5) is 24.2. The standard InChI is InChI=1S/C28H27F3N4O3/c1-17(2)26-33-24-13-18(27(36)34-11-10-19(16-34)20-12-23(37-3)15-32-14-20)4-9-25(24)35(26)21-5-7-22(8-6-21)38-28(29,30)31/h4-9,12-15,17,19H,10-11,16H2,1-3H3. The van der Waals surface area contributed by atoms with Gasteiger partial charge in [-0.3, -0.25) is 14.3 Å². The van der Waals surface area contributed by atoms with Gasteiger partial charge in [0.2, 0.25) is 0 Å². The van der Waals surface area contributed by atoms with Crippen molar-refractivity contribution in [2.24, 2.45) is 0 Å². The van der Waals surface area contributed by atoms with Crippen molar-refractivity contribution in [3.8, 4) is 17.2 Å². The van der Waals surface area contributed by atoms with Crippen LogP contribution in [0.1, 0.15) is 53.8 Å². The first-order valence-corrected chi connectivity index (χ1v) is 12.3. The summed E-state index contributed by atoms with van der Waals surface area (Å²) in [6.45, 7) is 5.20. The molecule has 10 heteroatoms. The Morgan fingerprint density at radius 2 is 1.82 bits per heavy atom. The third-order valence-corrected chi connectivity index (χ3v) is 6.69. The molecule has 1 fully saturated rings. The third kappa shape index (κ3) is 5.16. The fraction of sp³-hybridized carbons (Fsp3) is 0.321. The van der Waals surface area contributed by atoms with Gasteiger partial charge in [-0.15, -0.1) is 13.2 Å². The highest BCUT2D eigenvalue weighted by Crippen LogP contribution is 2.32. The molecule has 1 aliphatic heterocycles. The molecule has 1 atom stereocenters. The van der Waals surface area contributed by atoms with Crippen LogP contribution in [0.4, 0.5) is 13.2 Å². The molecule has 1 aliphatic rings. The number of hydrogen-bond acceptors (Lipinski definition) is 5. The average Bonchev–Trinajstić information content (AvgIpc) is 3.53. The highest BCUT2D eigenvalue weighted by atomic mass is 19.4. The predicted molar refractivity (Wildman–Crippen MR) is 136 cm³/mol. The molecule has 0 N–H and O–H groups in total. The van der Waals surface area contributed by atoms with E-state index in [1.54, 1.807) is 37.6 Å². The van der Waals surface area contributed by atoms with Crippen LogP contribution in [0.3, 0.4) is 0 Å². The number of halogens is 3. The van der Waals surface area contributed by atoms with E-state index >= 15 is 0 Å². The number of hydrogen-bond donors (Lipinski definition) is 0. The molecule has 1 amide bonds. The summed E-state index contributed by atoms with van der Waals surface area (Å²) in [5.74, 6) is 1.28. The number of fused-ring (bicyclic) bond motifs is 1. The van der Waals surface area contributed by atoms with Gasteiger partial charge in [-0.25, -0.2) is 4.98 Å². The summed E-state index contributed by atoms with van der Waals surface area (Å²) in [6.07, 6.45) is -0.445. The Bertz CT molecular complexity index is 1460. The Balaban J connectivity index is 1.41. The second-order valence-corrected chi connectivity index (χ2v) is 9.60. The lowest BCUT2D eigenvalue weighted by Gasteiger charge is -2.17. The van der Waals surface area contributed by atoms with Gasteiger partial charge in [-0.2, -0.15) is 0 Å². The number of pyridine rings is 1. The van der Waals surface area contributed by atoms with Crippen LogP contribution in [0.2, 0.25) is 0 Å².